The monoisotopic (exact) mass is 315 g/mol. The van der Waals surface area contributed by atoms with Gasteiger partial charge in [-0.25, -0.2) is 9.37 Å². The number of halogens is 1. The molecule has 0 amide bonds. The Labute approximate surface area is 133 Å². The van der Waals surface area contributed by atoms with Gasteiger partial charge in [0, 0.05) is 26.0 Å². The van der Waals surface area contributed by atoms with E-state index in [1.54, 1.807) is 23.5 Å². The Balaban J connectivity index is 1.50. The molecule has 0 unspecified atom stereocenters. The van der Waals surface area contributed by atoms with Crippen molar-refractivity contribution in [2.24, 2.45) is 7.05 Å². The third-order valence-corrected chi connectivity index (χ3v) is 4.53. The van der Waals surface area contributed by atoms with Gasteiger partial charge in [0.05, 0.1) is 10.6 Å². The van der Waals surface area contributed by atoms with Crippen LogP contribution in [0.1, 0.15) is 10.6 Å². The van der Waals surface area contributed by atoms with Crippen molar-refractivity contribution in [3.05, 3.63) is 65.2 Å². The van der Waals surface area contributed by atoms with Crippen molar-refractivity contribution in [2.75, 3.05) is 6.54 Å². The summed E-state index contributed by atoms with van der Waals surface area (Å²) in [7, 11) is 2.03. The summed E-state index contributed by atoms with van der Waals surface area (Å²) in [4.78, 5) is 5.63. The maximum Gasteiger partial charge on any atom is 0.123 e. The van der Waals surface area contributed by atoms with E-state index in [4.69, 9.17) is 0 Å². The fourth-order valence-corrected chi connectivity index (χ4v) is 3.30. The van der Waals surface area contributed by atoms with E-state index < -0.39 is 0 Å². The number of benzene rings is 1. The third-order valence-electron chi connectivity index (χ3n) is 3.51. The molecule has 3 rings (SSSR count). The van der Waals surface area contributed by atoms with Crippen molar-refractivity contribution in [2.45, 2.75) is 13.0 Å². The molecule has 0 aliphatic rings. The Morgan fingerprint density at radius 1 is 1.27 bits per heavy atom. The molecule has 0 aliphatic carbocycles. The first kappa shape index (κ1) is 14.9. The maximum absolute atomic E-state index is 13.1. The van der Waals surface area contributed by atoms with Gasteiger partial charge in [0.2, 0.25) is 0 Å². The highest BCUT2D eigenvalue weighted by Gasteiger charge is 2.06. The summed E-state index contributed by atoms with van der Waals surface area (Å²) in [6, 6.07) is 10.9. The lowest BCUT2D eigenvalue weighted by atomic mass is 10.1. The average Bonchev–Trinajstić information content (AvgIpc) is 3.12. The number of rotatable bonds is 6. The molecule has 0 atom stereocenters. The molecule has 0 radical (unpaired) electrons. The molecule has 1 N–H and O–H groups in total. The Kier molecular flexibility index (Phi) is 4.65. The molecular weight excluding hydrogens is 297 g/mol. The lowest BCUT2D eigenvalue weighted by Gasteiger charge is -2.03. The lowest BCUT2D eigenvalue weighted by Crippen LogP contribution is -2.16. The van der Waals surface area contributed by atoms with Crippen molar-refractivity contribution in [1.82, 2.24) is 14.9 Å². The largest absolute Gasteiger partial charge is 0.350 e. The molecule has 2 aromatic heterocycles. The second-order valence-corrected chi connectivity index (χ2v) is 6.29. The van der Waals surface area contributed by atoms with Crippen LogP contribution >= 0.6 is 11.3 Å². The summed E-state index contributed by atoms with van der Waals surface area (Å²) < 4.78 is 15.2. The van der Waals surface area contributed by atoms with Crippen LogP contribution in [0.5, 0.6) is 0 Å². The first-order valence-electron chi connectivity index (χ1n) is 7.24. The molecule has 1 aromatic carbocycles. The van der Waals surface area contributed by atoms with Crippen molar-refractivity contribution in [3.8, 4) is 10.6 Å². The maximum atomic E-state index is 13.1. The second-order valence-electron chi connectivity index (χ2n) is 5.18. The van der Waals surface area contributed by atoms with E-state index in [2.05, 4.69) is 20.9 Å². The standard InChI is InChI=1S/C17H18FN3S/c1-21-9-3-6-15(21)16-11-20-17(22-16)12-19-8-7-13-4-2-5-14(18)10-13/h2-6,9-11,19H,7-8,12H2,1H3. The SMILES string of the molecule is Cn1cccc1-c1cnc(CNCCc2cccc(F)c2)s1. The molecule has 2 heterocycles. The summed E-state index contributed by atoms with van der Waals surface area (Å²) in [5, 5.41) is 4.43. The van der Waals surface area contributed by atoms with Crippen molar-refractivity contribution >= 4 is 11.3 Å². The van der Waals surface area contributed by atoms with Crippen LogP contribution in [-0.4, -0.2) is 16.1 Å². The molecular formula is C17H18FN3S. The molecule has 114 valence electrons. The Hall–Kier alpha value is -1.98. The smallest absolute Gasteiger partial charge is 0.123 e. The molecule has 0 saturated heterocycles. The minimum absolute atomic E-state index is 0.176. The number of aryl methyl sites for hydroxylation is 1. The number of hydrogen-bond acceptors (Lipinski definition) is 3. The van der Waals surface area contributed by atoms with E-state index in [-0.39, 0.29) is 5.82 Å². The summed E-state index contributed by atoms with van der Waals surface area (Å²) in [5.74, 6) is -0.176. The van der Waals surface area contributed by atoms with Crippen LogP contribution in [0.2, 0.25) is 0 Å². The Morgan fingerprint density at radius 3 is 2.95 bits per heavy atom. The molecule has 5 heteroatoms. The van der Waals surface area contributed by atoms with Gasteiger partial charge in [0.1, 0.15) is 10.8 Å². The van der Waals surface area contributed by atoms with Gasteiger partial charge in [-0.05, 0) is 42.8 Å². The number of nitrogens with one attached hydrogen (secondary N) is 1. The van der Waals surface area contributed by atoms with E-state index in [1.807, 2.05) is 31.6 Å². The van der Waals surface area contributed by atoms with Crippen LogP contribution in [-0.2, 0) is 20.0 Å². The fourth-order valence-electron chi connectivity index (χ4n) is 2.35. The number of nitrogens with zero attached hydrogens (tertiary/aromatic N) is 2. The first-order valence-corrected chi connectivity index (χ1v) is 8.05. The van der Waals surface area contributed by atoms with Crippen molar-refractivity contribution in [3.63, 3.8) is 0 Å². The lowest BCUT2D eigenvalue weighted by molar-refractivity contribution is 0.622. The zero-order valence-corrected chi connectivity index (χ0v) is 13.2. The van der Waals surface area contributed by atoms with E-state index in [9.17, 15) is 4.39 Å². The molecule has 0 aliphatic heterocycles. The van der Waals surface area contributed by atoms with Crippen LogP contribution in [0.15, 0.2) is 48.8 Å². The topological polar surface area (TPSA) is 29.9 Å². The molecule has 0 saturated carbocycles. The average molecular weight is 315 g/mol. The van der Waals surface area contributed by atoms with E-state index >= 15 is 0 Å². The second kappa shape index (κ2) is 6.85. The zero-order chi connectivity index (χ0) is 15.4. The highest BCUT2D eigenvalue weighted by molar-refractivity contribution is 7.15. The van der Waals surface area contributed by atoms with Gasteiger partial charge in [-0.2, -0.15) is 0 Å². The van der Waals surface area contributed by atoms with Crippen LogP contribution in [0.4, 0.5) is 4.39 Å². The third kappa shape index (κ3) is 3.61. The summed E-state index contributed by atoms with van der Waals surface area (Å²) in [5.41, 5.74) is 2.19. The molecule has 0 fully saturated rings. The van der Waals surface area contributed by atoms with Crippen molar-refractivity contribution in [1.29, 1.82) is 0 Å². The van der Waals surface area contributed by atoms with Crippen molar-refractivity contribution < 1.29 is 4.39 Å². The van der Waals surface area contributed by atoms with E-state index in [0.717, 1.165) is 30.1 Å². The van der Waals surface area contributed by atoms with E-state index in [0.29, 0.717) is 0 Å². The highest BCUT2D eigenvalue weighted by Crippen LogP contribution is 2.25. The minimum Gasteiger partial charge on any atom is -0.350 e. The van der Waals surface area contributed by atoms with Crippen LogP contribution in [0.3, 0.4) is 0 Å². The predicted octanol–water partition coefficient (Wildman–Crippen LogP) is 3.62. The van der Waals surface area contributed by atoms with Gasteiger partial charge in [-0.3, -0.25) is 0 Å². The molecule has 0 bridgehead atoms. The summed E-state index contributed by atoms with van der Waals surface area (Å²) in [6.45, 7) is 1.55. The number of aromatic nitrogens is 2. The van der Waals surface area contributed by atoms with Crippen LogP contribution in [0.25, 0.3) is 10.6 Å². The quantitative estimate of drug-likeness (QED) is 0.704. The Bertz CT molecular complexity index is 748. The molecule has 3 aromatic rings. The molecule has 22 heavy (non-hydrogen) atoms. The zero-order valence-electron chi connectivity index (χ0n) is 12.4. The number of hydrogen-bond donors (Lipinski definition) is 1. The van der Waals surface area contributed by atoms with Gasteiger partial charge in [-0.15, -0.1) is 11.3 Å². The highest BCUT2D eigenvalue weighted by atomic mass is 32.1. The normalized spacial score (nSPS) is 11.0. The van der Waals surface area contributed by atoms with Gasteiger partial charge >= 0.3 is 0 Å². The van der Waals surface area contributed by atoms with Gasteiger partial charge in [-0.1, -0.05) is 12.1 Å². The molecule has 3 nitrogen and oxygen atoms in total. The Morgan fingerprint density at radius 2 is 2.18 bits per heavy atom. The molecule has 0 spiro atoms. The van der Waals surface area contributed by atoms with Crippen LogP contribution < -0.4 is 5.32 Å². The van der Waals surface area contributed by atoms with Gasteiger partial charge in [0.25, 0.3) is 0 Å². The summed E-state index contributed by atoms with van der Waals surface area (Å²) >= 11 is 1.70. The first-order chi connectivity index (χ1) is 10.7. The van der Waals surface area contributed by atoms with Gasteiger partial charge < -0.3 is 9.88 Å². The summed E-state index contributed by atoms with van der Waals surface area (Å²) in [6.07, 6.45) is 4.77. The fraction of sp³-hybridized carbons (Fsp3) is 0.235. The van der Waals surface area contributed by atoms with Gasteiger partial charge in [0.15, 0.2) is 0 Å². The van der Waals surface area contributed by atoms with Crippen LogP contribution in [0, 0.1) is 5.82 Å². The number of thiazole rings is 1. The predicted molar refractivity (Wildman–Crippen MR) is 88.3 cm³/mol. The minimum atomic E-state index is -0.176. The van der Waals surface area contributed by atoms with E-state index in [1.165, 1.54) is 16.6 Å².